The van der Waals surface area contributed by atoms with Crippen molar-refractivity contribution in [3.63, 3.8) is 0 Å². The summed E-state index contributed by atoms with van der Waals surface area (Å²) in [5, 5.41) is 1.37. The van der Waals surface area contributed by atoms with Crippen LogP contribution in [0.4, 0.5) is 5.69 Å². The summed E-state index contributed by atoms with van der Waals surface area (Å²) in [4.78, 5) is 10.9. The molecule has 0 saturated heterocycles. The molecule has 3 aromatic rings. The van der Waals surface area contributed by atoms with E-state index in [1.54, 1.807) is 6.20 Å². The lowest BCUT2D eigenvalue weighted by molar-refractivity contribution is 1.13. The number of benzene rings is 1. The molecule has 0 aliphatic heterocycles. The van der Waals surface area contributed by atoms with E-state index in [4.69, 9.17) is 11.6 Å². The van der Waals surface area contributed by atoms with Crippen LogP contribution in [0.1, 0.15) is 0 Å². The first-order valence-electron chi connectivity index (χ1n) is 6.34. The molecule has 0 saturated carbocycles. The first kappa shape index (κ1) is 12.9. The molecule has 20 heavy (non-hydrogen) atoms. The number of hydrogen-bond donors (Lipinski definition) is 0. The van der Waals surface area contributed by atoms with Crippen LogP contribution in [0.5, 0.6) is 0 Å². The van der Waals surface area contributed by atoms with Crippen molar-refractivity contribution in [2.45, 2.75) is 0 Å². The van der Waals surface area contributed by atoms with E-state index >= 15 is 0 Å². The van der Waals surface area contributed by atoms with E-state index in [0.29, 0.717) is 5.15 Å². The van der Waals surface area contributed by atoms with E-state index in [2.05, 4.69) is 27.0 Å². The molecule has 2 heterocycles. The number of halogens is 1. The number of nitrogens with zero attached hydrogens (tertiary/aromatic N) is 3. The van der Waals surface area contributed by atoms with Gasteiger partial charge in [-0.3, -0.25) is 4.98 Å². The highest BCUT2D eigenvalue weighted by Gasteiger charge is 2.07. The van der Waals surface area contributed by atoms with E-state index in [-0.39, 0.29) is 0 Å². The van der Waals surface area contributed by atoms with Crippen molar-refractivity contribution in [2.24, 2.45) is 0 Å². The molecule has 3 nitrogen and oxygen atoms in total. The Morgan fingerprint density at radius 2 is 1.80 bits per heavy atom. The zero-order valence-electron chi connectivity index (χ0n) is 11.3. The molecular formula is C16H14ClN3. The van der Waals surface area contributed by atoms with Crippen molar-refractivity contribution in [3.8, 4) is 11.3 Å². The fourth-order valence-corrected chi connectivity index (χ4v) is 2.36. The minimum atomic E-state index is 0.488. The quantitative estimate of drug-likeness (QED) is 0.665. The van der Waals surface area contributed by atoms with Gasteiger partial charge >= 0.3 is 0 Å². The van der Waals surface area contributed by atoms with Crippen molar-refractivity contribution in [3.05, 3.63) is 53.8 Å². The van der Waals surface area contributed by atoms with Crippen LogP contribution in [0.2, 0.25) is 5.15 Å². The third-order valence-corrected chi connectivity index (χ3v) is 3.52. The Morgan fingerprint density at radius 1 is 1.05 bits per heavy atom. The summed E-state index contributed by atoms with van der Waals surface area (Å²) in [6, 6.07) is 14.0. The van der Waals surface area contributed by atoms with Gasteiger partial charge < -0.3 is 4.90 Å². The molecule has 0 radical (unpaired) electrons. The van der Waals surface area contributed by atoms with Crippen LogP contribution in [0.15, 0.2) is 48.7 Å². The van der Waals surface area contributed by atoms with Gasteiger partial charge in [-0.05, 0) is 30.3 Å². The lowest BCUT2D eigenvalue weighted by Gasteiger charge is -2.12. The maximum absolute atomic E-state index is 6.23. The molecule has 1 aromatic carbocycles. The van der Waals surface area contributed by atoms with Gasteiger partial charge in [0.2, 0.25) is 0 Å². The van der Waals surface area contributed by atoms with Gasteiger partial charge in [0, 0.05) is 36.9 Å². The number of rotatable bonds is 2. The first-order chi connectivity index (χ1) is 9.65. The van der Waals surface area contributed by atoms with Gasteiger partial charge in [0.05, 0.1) is 11.2 Å². The van der Waals surface area contributed by atoms with E-state index in [0.717, 1.165) is 27.8 Å². The number of hydrogen-bond acceptors (Lipinski definition) is 3. The van der Waals surface area contributed by atoms with Gasteiger partial charge in [-0.15, -0.1) is 0 Å². The summed E-state index contributed by atoms with van der Waals surface area (Å²) < 4.78 is 0. The van der Waals surface area contributed by atoms with E-state index < -0.39 is 0 Å². The summed E-state index contributed by atoms with van der Waals surface area (Å²) in [6.45, 7) is 0. The molecule has 0 bridgehead atoms. The third kappa shape index (κ3) is 2.32. The molecule has 0 fully saturated rings. The molecule has 2 aromatic heterocycles. The highest BCUT2D eigenvalue weighted by Crippen LogP contribution is 2.27. The Kier molecular flexibility index (Phi) is 3.28. The highest BCUT2D eigenvalue weighted by molar-refractivity contribution is 6.34. The smallest absolute Gasteiger partial charge is 0.139 e. The molecule has 0 aliphatic carbocycles. The summed E-state index contributed by atoms with van der Waals surface area (Å²) in [7, 11) is 4.04. The second-order valence-corrected chi connectivity index (χ2v) is 5.17. The zero-order chi connectivity index (χ0) is 14.1. The molecule has 100 valence electrons. The number of anilines is 1. The average Bonchev–Trinajstić information content (AvgIpc) is 2.47. The third-order valence-electron chi connectivity index (χ3n) is 3.23. The highest BCUT2D eigenvalue weighted by atomic mass is 35.5. The van der Waals surface area contributed by atoms with E-state index in [9.17, 15) is 0 Å². The van der Waals surface area contributed by atoms with Gasteiger partial charge in [0.15, 0.2) is 0 Å². The standard InChI is InChI=1S/C16H14ClN3/c1-20(2)12-7-5-11(6-8-12)14-10-15-13(16(17)19-14)4-3-9-18-15/h3-10H,1-2H3. The normalized spacial score (nSPS) is 10.8. The fourth-order valence-electron chi connectivity index (χ4n) is 2.11. The SMILES string of the molecule is CN(C)c1ccc(-c2cc3ncccc3c(Cl)n2)cc1. The van der Waals surface area contributed by atoms with Crippen molar-refractivity contribution >= 4 is 28.2 Å². The summed E-state index contributed by atoms with van der Waals surface area (Å²) in [5.41, 5.74) is 3.88. The molecule has 4 heteroatoms. The molecule has 0 N–H and O–H groups in total. The van der Waals surface area contributed by atoms with E-state index in [1.165, 1.54) is 0 Å². The molecule has 0 unspecified atom stereocenters. The predicted molar refractivity (Wildman–Crippen MR) is 84.3 cm³/mol. The molecular weight excluding hydrogens is 270 g/mol. The van der Waals surface area contributed by atoms with Crippen LogP contribution < -0.4 is 4.90 Å². The summed E-state index contributed by atoms with van der Waals surface area (Å²) in [6.07, 6.45) is 1.76. The maximum Gasteiger partial charge on any atom is 0.139 e. The number of pyridine rings is 2. The van der Waals surface area contributed by atoms with Crippen LogP contribution in [0.3, 0.4) is 0 Å². The first-order valence-corrected chi connectivity index (χ1v) is 6.72. The Labute approximate surface area is 122 Å². The van der Waals surface area contributed by atoms with Gasteiger partial charge in [-0.1, -0.05) is 23.7 Å². The Balaban J connectivity index is 2.10. The number of aromatic nitrogens is 2. The van der Waals surface area contributed by atoms with Crippen LogP contribution in [-0.2, 0) is 0 Å². The Hall–Kier alpha value is -2.13. The molecule has 0 amide bonds. The lowest BCUT2D eigenvalue weighted by Crippen LogP contribution is -2.07. The molecule has 0 aliphatic rings. The summed E-state index contributed by atoms with van der Waals surface area (Å²) in [5.74, 6) is 0. The van der Waals surface area contributed by atoms with Gasteiger partial charge in [-0.25, -0.2) is 4.98 Å². The molecule has 0 atom stereocenters. The van der Waals surface area contributed by atoms with Crippen molar-refractivity contribution < 1.29 is 0 Å². The minimum Gasteiger partial charge on any atom is -0.378 e. The second-order valence-electron chi connectivity index (χ2n) is 4.81. The molecule has 3 rings (SSSR count). The largest absolute Gasteiger partial charge is 0.378 e. The predicted octanol–water partition coefficient (Wildman–Crippen LogP) is 4.02. The van der Waals surface area contributed by atoms with Gasteiger partial charge in [0.1, 0.15) is 5.15 Å². The van der Waals surface area contributed by atoms with E-state index in [1.807, 2.05) is 44.4 Å². The van der Waals surface area contributed by atoms with Crippen LogP contribution >= 0.6 is 11.6 Å². The van der Waals surface area contributed by atoms with Crippen LogP contribution in [0, 0.1) is 0 Å². The van der Waals surface area contributed by atoms with Crippen LogP contribution in [0.25, 0.3) is 22.2 Å². The van der Waals surface area contributed by atoms with Crippen molar-refractivity contribution in [2.75, 3.05) is 19.0 Å². The number of fused-ring (bicyclic) bond motifs is 1. The molecule has 0 spiro atoms. The Morgan fingerprint density at radius 3 is 2.50 bits per heavy atom. The van der Waals surface area contributed by atoms with Crippen LogP contribution in [-0.4, -0.2) is 24.1 Å². The monoisotopic (exact) mass is 283 g/mol. The topological polar surface area (TPSA) is 29.0 Å². The van der Waals surface area contributed by atoms with Crippen molar-refractivity contribution in [1.82, 2.24) is 9.97 Å². The van der Waals surface area contributed by atoms with Crippen molar-refractivity contribution in [1.29, 1.82) is 0 Å². The second kappa shape index (κ2) is 5.10. The zero-order valence-corrected chi connectivity index (χ0v) is 12.1. The maximum atomic E-state index is 6.23. The lowest BCUT2D eigenvalue weighted by atomic mass is 10.1. The Bertz CT molecular complexity index is 751. The van der Waals surface area contributed by atoms with Gasteiger partial charge in [-0.2, -0.15) is 0 Å². The average molecular weight is 284 g/mol. The fraction of sp³-hybridized carbons (Fsp3) is 0.125. The van der Waals surface area contributed by atoms with Gasteiger partial charge in [0.25, 0.3) is 0 Å². The summed E-state index contributed by atoms with van der Waals surface area (Å²) >= 11 is 6.23. The minimum absolute atomic E-state index is 0.488.